The number of aliphatic hydroxyl groups excluding tert-OH is 1. The molecule has 2 heterocycles. The van der Waals surface area contributed by atoms with Crippen LogP contribution in [0, 0.1) is 5.92 Å². The van der Waals surface area contributed by atoms with Crippen molar-refractivity contribution in [1.82, 2.24) is 5.32 Å². The fraction of sp³-hybridized carbons (Fsp3) is 1.00. The normalized spacial score (nSPS) is 49.6. The van der Waals surface area contributed by atoms with Gasteiger partial charge in [-0.3, -0.25) is 0 Å². The van der Waals surface area contributed by atoms with Crippen LogP contribution in [0.15, 0.2) is 0 Å². The van der Waals surface area contributed by atoms with E-state index in [0.717, 1.165) is 13.0 Å². The lowest BCUT2D eigenvalue weighted by molar-refractivity contribution is 0.0621. The van der Waals surface area contributed by atoms with Gasteiger partial charge in [-0.15, -0.1) is 0 Å². The summed E-state index contributed by atoms with van der Waals surface area (Å²) in [5.74, 6) is 0.608. The highest BCUT2D eigenvalue weighted by Gasteiger charge is 2.44. The Kier molecular flexibility index (Phi) is 1.87. The fourth-order valence-corrected chi connectivity index (χ4v) is 2.10. The number of hydrogen-bond donors (Lipinski definition) is 2. The van der Waals surface area contributed by atoms with E-state index in [4.69, 9.17) is 4.74 Å². The minimum absolute atomic E-state index is 0.208. The summed E-state index contributed by atoms with van der Waals surface area (Å²) in [5.41, 5.74) is 0. The predicted octanol–water partition coefficient (Wildman–Crippen LogP) is -0.256. The van der Waals surface area contributed by atoms with Crippen LogP contribution in [0.4, 0.5) is 0 Å². The van der Waals surface area contributed by atoms with Crippen molar-refractivity contribution in [2.75, 3.05) is 13.2 Å². The molecule has 0 aromatic heterocycles. The molecule has 0 bridgehead atoms. The van der Waals surface area contributed by atoms with Gasteiger partial charge < -0.3 is 15.2 Å². The van der Waals surface area contributed by atoms with E-state index in [1.54, 1.807) is 0 Å². The van der Waals surface area contributed by atoms with E-state index in [-0.39, 0.29) is 18.2 Å². The summed E-state index contributed by atoms with van der Waals surface area (Å²) < 4.78 is 5.48. The smallest absolute Gasteiger partial charge is 0.0951 e. The standard InChI is InChI=1S/C8H15NO2/c1-2-5-3-9-7-6(10)4-11-8(5)7/h5-10H,2-4H2,1H3. The largest absolute Gasteiger partial charge is 0.389 e. The summed E-state index contributed by atoms with van der Waals surface area (Å²) >= 11 is 0. The lowest BCUT2D eigenvalue weighted by Gasteiger charge is -2.14. The maximum Gasteiger partial charge on any atom is 0.0951 e. The third-order valence-electron chi connectivity index (χ3n) is 2.83. The second-order valence-corrected chi connectivity index (χ2v) is 3.47. The van der Waals surface area contributed by atoms with Crippen LogP contribution in [-0.2, 0) is 4.74 Å². The van der Waals surface area contributed by atoms with Gasteiger partial charge in [0.1, 0.15) is 0 Å². The molecule has 4 atom stereocenters. The molecule has 0 aromatic rings. The van der Waals surface area contributed by atoms with Crippen molar-refractivity contribution in [2.45, 2.75) is 31.6 Å². The van der Waals surface area contributed by atoms with Gasteiger partial charge >= 0.3 is 0 Å². The molecule has 2 aliphatic rings. The number of fused-ring (bicyclic) bond motifs is 1. The molecule has 2 fully saturated rings. The molecule has 3 heteroatoms. The first-order valence-corrected chi connectivity index (χ1v) is 4.36. The van der Waals surface area contributed by atoms with E-state index in [9.17, 15) is 5.11 Å². The summed E-state index contributed by atoms with van der Waals surface area (Å²) in [7, 11) is 0. The number of rotatable bonds is 1. The van der Waals surface area contributed by atoms with Crippen LogP contribution in [0.25, 0.3) is 0 Å². The summed E-state index contributed by atoms with van der Waals surface area (Å²) in [4.78, 5) is 0. The third kappa shape index (κ3) is 1.08. The number of hydrogen-bond acceptors (Lipinski definition) is 3. The van der Waals surface area contributed by atoms with Crippen molar-refractivity contribution in [3.8, 4) is 0 Å². The van der Waals surface area contributed by atoms with Crippen LogP contribution in [0.3, 0.4) is 0 Å². The Morgan fingerprint density at radius 3 is 3.18 bits per heavy atom. The molecule has 11 heavy (non-hydrogen) atoms. The van der Waals surface area contributed by atoms with Gasteiger partial charge in [0.05, 0.1) is 24.9 Å². The Bertz CT molecular complexity index is 151. The zero-order chi connectivity index (χ0) is 7.84. The average Bonchev–Trinajstić information content (AvgIpc) is 2.53. The zero-order valence-electron chi connectivity index (χ0n) is 6.79. The van der Waals surface area contributed by atoms with Gasteiger partial charge in [0.2, 0.25) is 0 Å². The summed E-state index contributed by atoms with van der Waals surface area (Å²) in [6.07, 6.45) is 1.13. The van der Waals surface area contributed by atoms with Gasteiger partial charge in [0.15, 0.2) is 0 Å². The first kappa shape index (κ1) is 7.53. The molecule has 0 radical (unpaired) electrons. The van der Waals surface area contributed by atoms with E-state index in [1.165, 1.54) is 0 Å². The van der Waals surface area contributed by atoms with E-state index in [2.05, 4.69) is 12.2 Å². The van der Waals surface area contributed by atoms with Crippen LogP contribution in [0.1, 0.15) is 13.3 Å². The first-order chi connectivity index (χ1) is 5.33. The van der Waals surface area contributed by atoms with Gasteiger partial charge in [0.25, 0.3) is 0 Å². The second-order valence-electron chi connectivity index (χ2n) is 3.47. The molecular formula is C8H15NO2. The van der Waals surface area contributed by atoms with Crippen LogP contribution in [0.2, 0.25) is 0 Å². The van der Waals surface area contributed by atoms with Crippen LogP contribution in [-0.4, -0.2) is 36.5 Å². The zero-order valence-corrected chi connectivity index (χ0v) is 6.79. The Labute approximate surface area is 66.7 Å². The Morgan fingerprint density at radius 2 is 2.45 bits per heavy atom. The maximum atomic E-state index is 9.43. The molecule has 0 amide bonds. The van der Waals surface area contributed by atoms with Crippen molar-refractivity contribution in [3.63, 3.8) is 0 Å². The molecule has 4 unspecified atom stereocenters. The van der Waals surface area contributed by atoms with Crippen molar-refractivity contribution >= 4 is 0 Å². The topological polar surface area (TPSA) is 41.5 Å². The van der Waals surface area contributed by atoms with Gasteiger partial charge in [-0.25, -0.2) is 0 Å². The first-order valence-electron chi connectivity index (χ1n) is 4.36. The Balaban J connectivity index is 2.04. The maximum absolute atomic E-state index is 9.43. The summed E-state index contributed by atoms with van der Waals surface area (Å²) in [6.45, 7) is 3.69. The van der Waals surface area contributed by atoms with Crippen molar-refractivity contribution in [3.05, 3.63) is 0 Å². The van der Waals surface area contributed by atoms with Crippen LogP contribution >= 0.6 is 0 Å². The predicted molar refractivity (Wildman–Crippen MR) is 41.3 cm³/mol. The molecule has 0 aromatic carbocycles. The molecule has 3 nitrogen and oxygen atoms in total. The van der Waals surface area contributed by atoms with Gasteiger partial charge in [-0.2, -0.15) is 0 Å². The molecule has 0 spiro atoms. The Morgan fingerprint density at radius 1 is 1.64 bits per heavy atom. The highest BCUT2D eigenvalue weighted by molar-refractivity contribution is 4.99. The summed E-state index contributed by atoms with van der Waals surface area (Å²) in [6, 6.07) is 0.208. The minimum atomic E-state index is -0.281. The highest BCUT2D eigenvalue weighted by atomic mass is 16.5. The number of nitrogens with one attached hydrogen (secondary N) is 1. The second kappa shape index (κ2) is 2.73. The van der Waals surface area contributed by atoms with Crippen LogP contribution < -0.4 is 5.32 Å². The monoisotopic (exact) mass is 157 g/mol. The lowest BCUT2D eigenvalue weighted by Crippen LogP contribution is -2.36. The lowest BCUT2D eigenvalue weighted by atomic mass is 9.99. The van der Waals surface area contributed by atoms with Crippen LogP contribution in [0.5, 0.6) is 0 Å². The van der Waals surface area contributed by atoms with Gasteiger partial charge in [0, 0.05) is 6.54 Å². The molecule has 0 saturated carbocycles. The van der Waals surface area contributed by atoms with Crippen molar-refractivity contribution in [2.24, 2.45) is 5.92 Å². The van der Waals surface area contributed by atoms with E-state index >= 15 is 0 Å². The molecule has 64 valence electrons. The van der Waals surface area contributed by atoms with Crippen molar-refractivity contribution < 1.29 is 9.84 Å². The van der Waals surface area contributed by atoms with E-state index in [1.807, 2.05) is 0 Å². The molecule has 2 rings (SSSR count). The minimum Gasteiger partial charge on any atom is -0.389 e. The molecule has 2 N–H and O–H groups in total. The molecular weight excluding hydrogens is 142 g/mol. The molecule has 0 aliphatic carbocycles. The average molecular weight is 157 g/mol. The third-order valence-corrected chi connectivity index (χ3v) is 2.83. The van der Waals surface area contributed by atoms with Crippen molar-refractivity contribution in [1.29, 1.82) is 0 Å². The Hall–Kier alpha value is -0.120. The highest BCUT2D eigenvalue weighted by Crippen LogP contribution is 2.28. The van der Waals surface area contributed by atoms with Gasteiger partial charge in [-0.1, -0.05) is 6.92 Å². The SMILES string of the molecule is CCC1CNC2C(O)COC12. The van der Waals surface area contributed by atoms with E-state index in [0.29, 0.717) is 12.5 Å². The number of aliphatic hydroxyl groups is 1. The molecule has 2 aliphatic heterocycles. The summed E-state index contributed by atoms with van der Waals surface area (Å²) in [5, 5.41) is 12.7. The van der Waals surface area contributed by atoms with E-state index < -0.39 is 0 Å². The van der Waals surface area contributed by atoms with Gasteiger partial charge in [-0.05, 0) is 12.3 Å². The fourth-order valence-electron chi connectivity index (χ4n) is 2.10. The number of ether oxygens (including phenoxy) is 1. The quantitative estimate of drug-likeness (QED) is 0.551. The molecule has 2 saturated heterocycles.